The first-order chi connectivity index (χ1) is 18.5. The number of primary amides is 1. The minimum atomic E-state index is -4.54. The Labute approximate surface area is 226 Å². The third kappa shape index (κ3) is 8.80. The minimum Gasteiger partial charge on any atom is -0.466 e. The zero-order chi connectivity index (χ0) is 28.6. The fraction of sp³-hybridized carbons (Fsp3) is 0.360. The molecule has 0 aliphatic carbocycles. The van der Waals surface area contributed by atoms with Gasteiger partial charge in [-0.05, 0) is 48.7 Å². The van der Waals surface area contributed by atoms with Crippen molar-refractivity contribution in [2.75, 3.05) is 45.3 Å². The van der Waals surface area contributed by atoms with E-state index >= 15 is 0 Å². The second-order valence-corrected chi connectivity index (χ2v) is 8.94. The number of para-hydroxylation sites is 1. The maximum Gasteiger partial charge on any atom is 0.422 e. The molecule has 3 aromatic rings. The van der Waals surface area contributed by atoms with Crippen LogP contribution in [-0.2, 0) is 4.74 Å². The fourth-order valence-electron chi connectivity index (χ4n) is 3.90. The van der Waals surface area contributed by atoms with Gasteiger partial charge in [-0.1, -0.05) is 35.9 Å². The predicted molar refractivity (Wildman–Crippen MR) is 135 cm³/mol. The van der Waals surface area contributed by atoms with Crippen molar-refractivity contribution in [1.29, 1.82) is 0 Å². The Morgan fingerprint density at radius 2 is 1.90 bits per heavy atom. The van der Waals surface area contributed by atoms with Gasteiger partial charge in [0.15, 0.2) is 24.1 Å². The van der Waals surface area contributed by atoms with Crippen molar-refractivity contribution in [2.45, 2.75) is 18.5 Å². The molecule has 212 valence electrons. The van der Waals surface area contributed by atoms with Gasteiger partial charge in [0.05, 0.1) is 12.3 Å². The molecule has 1 unspecified atom stereocenters. The van der Waals surface area contributed by atoms with Gasteiger partial charge in [0.2, 0.25) is 0 Å². The maximum absolute atomic E-state index is 13.1. The van der Waals surface area contributed by atoms with Crippen LogP contribution in [0.5, 0.6) is 5.88 Å². The first-order valence-corrected chi connectivity index (χ1v) is 12.1. The number of rotatable bonds is 8. The zero-order valence-corrected chi connectivity index (χ0v) is 21.6. The zero-order valence-electron chi connectivity index (χ0n) is 20.9. The lowest BCUT2D eigenvalue weighted by molar-refractivity contribution is -0.154. The lowest BCUT2D eigenvalue weighted by Gasteiger charge is -2.15. The molecule has 1 atom stereocenters. The Balaban J connectivity index is 0.000000223. The summed E-state index contributed by atoms with van der Waals surface area (Å²) in [6.07, 6.45) is -3.55. The van der Waals surface area contributed by atoms with Gasteiger partial charge < -0.3 is 20.1 Å². The van der Waals surface area contributed by atoms with Gasteiger partial charge in [0.1, 0.15) is 5.02 Å². The van der Waals surface area contributed by atoms with E-state index in [1.807, 2.05) is 0 Å². The molecule has 2 heterocycles. The van der Waals surface area contributed by atoms with E-state index in [0.29, 0.717) is 18.2 Å². The highest BCUT2D eigenvalue weighted by Gasteiger charge is 2.30. The lowest BCUT2D eigenvalue weighted by atomic mass is 9.98. The van der Waals surface area contributed by atoms with E-state index in [-0.39, 0.29) is 10.8 Å². The number of nitrogens with two attached hydrogens (primary N) is 1. The molecule has 14 heteroatoms. The standard InChI is InChI=1S/C13H17F2NO.C12H10ClF3N4O2/c1-17-7-6-16-5-4-11(9-16)10-2-3-12(14)13(15)8-10;13-8-9(18-11(17)21)20(7-4-2-1-3-5-7)19-10(8)22-6-12(14,15)16/h2-3,8,11H,4-7,9H2,1H3;1-5H,6H2,(H3,17,18,21). The summed E-state index contributed by atoms with van der Waals surface area (Å²) < 4.78 is 73.3. The lowest BCUT2D eigenvalue weighted by Crippen LogP contribution is -2.24. The first kappa shape index (κ1) is 30.1. The number of anilines is 1. The molecule has 4 rings (SSSR count). The van der Waals surface area contributed by atoms with Gasteiger partial charge in [-0.2, -0.15) is 13.2 Å². The molecule has 3 N–H and O–H groups in total. The maximum atomic E-state index is 13.1. The van der Waals surface area contributed by atoms with Gasteiger partial charge in [-0.25, -0.2) is 18.3 Å². The van der Waals surface area contributed by atoms with Crippen LogP contribution in [0.4, 0.5) is 32.6 Å². The number of aromatic nitrogens is 2. The van der Waals surface area contributed by atoms with Crippen molar-refractivity contribution in [3.63, 3.8) is 0 Å². The summed E-state index contributed by atoms with van der Waals surface area (Å²) >= 11 is 5.91. The Morgan fingerprint density at radius 3 is 2.51 bits per heavy atom. The molecule has 0 spiro atoms. The van der Waals surface area contributed by atoms with Gasteiger partial charge in [0, 0.05) is 20.2 Å². The second-order valence-electron chi connectivity index (χ2n) is 8.56. The summed E-state index contributed by atoms with van der Waals surface area (Å²) in [4.78, 5) is 13.3. The molecule has 1 aliphatic heterocycles. The van der Waals surface area contributed by atoms with Crippen molar-refractivity contribution in [3.05, 3.63) is 70.8 Å². The number of ether oxygens (including phenoxy) is 2. The Bertz CT molecular complexity index is 1240. The molecule has 1 fully saturated rings. The van der Waals surface area contributed by atoms with Crippen molar-refractivity contribution in [3.8, 4) is 11.6 Å². The first-order valence-electron chi connectivity index (χ1n) is 11.7. The van der Waals surface area contributed by atoms with Crippen LogP contribution in [-0.4, -0.2) is 66.8 Å². The molecular formula is C25H27ClF5N5O3. The Hall–Kier alpha value is -3.42. The molecule has 0 bridgehead atoms. The summed E-state index contributed by atoms with van der Waals surface area (Å²) in [5.74, 6) is -1.77. The van der Waals surface area contributed by atoms with Crippen LogP contribution in [0.2, 0.25) is 5.02 Å². The van der Waals surface area contributed by atoms with Crippen LogP contribution >= 0.6 is 11.6 Å². The highest BCUT2D eigenvalue weighted by Crippen LogP contribution is 2.34. The number of hydrogen-bond acceptors (Lipinski definition) is 5. The van der Waals surface area contributed by atoms with Gasteiger partial charge in [-0.15, -0.1) is 5.10 Å². The van der Waals surface area contributed by atoms with E-state index in [0.717, 1.165) is 36.3 Å². The highest BCUT2D eigenvalue weighted by molar-refractivity contribution is 6.34. The van der Waals surface area contributed by atoms with Crippen LogP contribution in [0, 0.1) is 11.6 Å². The number of likely N-dealkylation sites (tertiary alicyclic amines) is 1. The highest BCUT2D eigenvalue weighted by atomic mass is 35.5. The van der Waals surface area contributed by atoms with Crippen molar-refractivity contribution >= 4 is 23.4 Å². The monoisotopic (exact) mass is 575 g/mol. The largest absolute Gasteiger partial charge is 0.466 e. The number of urea groups is 1. The average Bonchev–Trinajstić information content (AvgIpc) is 3.48. The van der Waals surface area contributed by atoms with Crippen LogP contribution in [0.25, 0.3) is 5.69 Å². The number of carbonyl (C=O) groups is 1. The smallest absolute Gasteiger partial charge is 0.422 e. The van der Waals surface area contributed by atoms with E-state index in [2.05, 4.69) is 20.1 Å². The van der Waals surface area contributed by atoms with E-state index in [9.17, 15) is 26.7 Å². The number of benzene rings is 2. The molecule has 1 aromatic heterocycles. The van der Waals surface area contributed by atoms with Gasteiger partial charge >= 0.3 is 12.2 Å². The quantitative estimate of drug-likeness (QED) is 0.353. The van der Waals surface area contributed by atoms with E-state index in [1.54, 1.807) is 43.5 Å². The topological polar surface area (TPSA) is 94.6 Å². The molecule has 8 nitrogen and oxygen atoms in total. The van der Waals surface area contributed by atoms with E-state index in [1.165, 1.54) is 12.1 Å². The molecule has 1 saturated heterocycles. The van der Waals surface area contributed by atoms with Crippen molar-refractivity contribution in [2.24, 2.45) is 5.73 Å². The average molecular weight is 576 g/mol. The number of carbonyl (C=O) groups excluding carboxylic acids is 1. The summed E-state index contributed by atoms with van der Waals surface area (Å²) in [6, 6.07) is 11.6. The molecule has 39 heavy (non-hydrogen) atoms. The fourth-order valence-corrected chi connectivity index (χ4v) is 4.12. The van der Waals surface area contributed by atoms with Gasteiger partial charge in [0.25, 0.3) is 5.88 Å². The molecule has 2 amide bonds. The number of nitrogens with zero attached hydrogens (tertiary/aromatic N) is 3. The van der Waals surface area contributed by atoms with Crippen molar-refractivity contribution in [1.82, 2.24) is 14.7 Å². The number of halogens is 6. The second kappa shape index (κ2) is 13.6. The normalized spacial score (nSPS) is 15.5. The molecule has 0 radical (unpaired) electrons. The molecule has 0 saturated carbocycles. The Kier molecular flexibility index (Phi) is 10.5. The van der Waals surface area contributed by atoms with Crippen LogP contribution < -0.4 is 15.8 Å². The minimum absolute atomic E-state index is 0.0856. The number of methoxy groups -OCH3 is 1. The third-order valence-electron chi connectivity index (χ3n) is 5.71. The van der Waals surface area contributed by atoms with E-state index < -0.39 is 36.3 Å². The summed E-state index contributed by atoms with van der Waals surface area (Å²) in [6.45, 7) is 1.94. The van der Waals surface area contributed by atoms with Crippen LogP contribution in [0.15, 0.2) is 48.5 Å². The number of nitrogens with one attached hydrogen (secondary N) is 1. The third-order valence-corrected chi connectivity index (χ3v) is 6.05. The predicted octanol–water partition coefficient (Wildman–Crippen LogP) is 5.36. The van der Waals surface area contributed by atoms with Crippen LogP contribution in [0.3, 0.4) is 0 Å². The van der Waals surface area contributed by atoms with Crippen molar-refractivity contribution < 1.29 is 36.2 Å². The SMILES string of the molecule is COCCN1CCC(c2ccc(F)c(F)c2)C1.NC(=O)Nc1c(Cl)c(OCC(F)(F)F)nn1-c1ccccc1. The Morgan fingerprint density at radius 1 is 1.18 bits per heavy atom. The van der Waals surface area contributed by atoms with Gasteiger partial charge in [-0.3, -0.25) is 5.32 Å². The molecule has 1 aliphatic rings. The number of hydrogen-bond donors (Lipinski definition) is 2. The van der Waals surface area contributed by atoms with E-state index in [4.69, 9.17) is 22.1 Å². The molecular weight excluding hydrogens is 549 g/mol. The summed E-state index contributed by atoms with van der Waals surface area (Å²) in [5.41, 5.74) is 6.37. The summed E-state index contributed by atoms with van der Waals surface area (Å²) in [5, 5.41) is 5.75. The van der Waals surface area contributed by atoms with Crippen LogP contribution in [0.1, 0.15) is 17.9 Å². The summed E-state index contributed by atoms with van der Waals surface area (Å²) in [7, 11) is 1.68. The number of alkyl halides is 3. The number of amides is 2. The molecule has 2 aromatic carbocycles.